The molecular weight excluding hydrogens is 242 g/mol. The fourth-order valence-corrected chi connectivity index (χ4v) is 2.61. The second-order valence-corrected chi connectivity index (χ2v) is 5.29. The normalized spacial score (nSPS) is 19.8. The van der Waals surface area contributed by atoms with Gasteiger partial charge in [0.05, 0.1) is 18.4 Å². The zero-order valence-corrected chi connectivity index (χ0v) is 12.3. The number of nitrogens with zero attached hydrogens (tertiary/aromatic N) is 3. The van der Waals surface area contributed by atoms with Gasteiger partial charge in [0.15, 0.2) is 0 Å². The van der Waals surface area contributed by atoms with E-state index in [1.807, 2.05) is 30.5 Å². The van der Waals surface area contributed by atoms with Crippen molar-refractivity contribution in [3.63, 3.8) is 0 Å². The summed E-state index contributed by atoms with van der Waals surface area (Å²) in [7, 11) is 1.94. The zero-order valence-electron chi connectivity index (χ0n) is 12.3. The van der Waals surface area contributed by atoms with E-state index in [-0.39, 0.29) is 12.0 Å². The molecule has 5 nitrogen and oxygen atoms in total. The van der Waals surface area contributed by atoms with Gasteiger partial charge in [-0.1, -0.05) is 0 Å². The van der Waals surface area contributed by atoms with E-state index < -0.39 is 0 Å². The zero-order chi connectivity index (χ0) is 14.0. The highest BCUT2D eigenvalue weighted by Crippen LogP contribution is 2.15. The first kappa shape index (κ1) is 14.1. The van der Waals surface area contributed by atoms with E-state index in [1.54, 1.807) is 0 Å². The van der Waals surface area contributed by atoms with E-state index >= 15 is 0 Å². The fraction of sp³-hybridized carbons (Fsp3) is 0.714. The minimum atomic E-state index is 0.152. The fourth-order valence-electron chi connectivity index (χ4n) is 2.61. The SMILES string of the molecule is Cc1nn(C)c(C)c1CCC(=O)N1CCOC(C)C1. The van der Waals surface area contributed by atoms with E-state index in [0.717, 1.165) is 17.8 Å². The molecule has 1 aromatic rings. The topological polar surface area (TPSA) is 47.4 Å². The molecule has 2 heterocycles. The van der Waals surface area contributed by atoms with Gasteiger partial charge in [0.25, 0.3) is 0 Å². The van der Waals surface area contributed by atoms with Crippen LogP contribution < -0.4 is 0 Å². The largest absolute Gasteiger partial charge is 0.375 e. The van der Waals surface area contributed by atoms with E-state index in [0.29, 0.717) is 26.1 Å². The molecule has 0 spiro atoms. The molecule has 1 aliphatic heterocycles. The van der Waals surface area contributed by atoms with E-state index in [9.17, 15) is 4.79 Å². The molecule has 0 bridgehead atoms. The van der Waals surface area contributed by atoms with Gasteiger partial charge in [-0.15, -0.1) is 0 Å². The lowest BCUT2D eigenvalue weighted by atomic mass is 10.1. The van der Waals surface area contributed by atoms with Crippen LogP contribution in [0.15, 0.2) is 0 Å². The third kappa shape index (κ3) is 3.15. The molecule has 0 saturated carbocycles. The lowest BCUT2D eigenvalue weighted by molar-refractivity contribution is -0.138. The van der Waals surface area contributed by atoms with Gasteiger partial charge < -0.3 is 9.64 Å². The number of carbonyl (C=O) groups is 1. The van der Waals surface area contributed by atoms with Crippen molar-refractivity contribution < 1.29 is 9.53 Å². The van der Waals surface area contributed by atoms with E-state index in [2.05, 4.69) is 12.0 Å². The monoisotopic (exact) mass is 265 g/mol. The molecule has 0 radical (unpaired) electrons. The predicted molar refractivity (Wildman–Crippen MR) is 73.0 cm³/mol. The van der Waals surface area contributed by atoms with E-state index in [1.165, 1.54) is 5.56 Å². The molecule has 1 fully saturated rings. The third-order valence-electron chi connectivity index (χ3n) is 3.84. The molecule has 106 valence electrons. The second kappa shape index (κ2) is 5.74. The summed E-state index contributed by atoms with van der Waals surface area (Å²) in [6, 6.07) is 0. The number of aromatic nitrogens is 2. The van der Waals surface area contributed by atoms with Crippen LogP contribution in [0, 0.1) is 13.8 Å². The molecule has 2 rings (SSSR count). The summed E-state index contributed by atoms with van der Waals surface area (Å²) in [6.45, 7) is 8.14. The van der Waals surface area contributed by atoms with Crippen molar-refractivity contribution in [2.24, 2.45) is 7.05 Å². The summed E-state index contributed by atoms with van der Waals surface area (Å²) in [5, 5.41) is 4.38. The van der Waals surface area contributed by atoms with Gasteiger partial charge >= 0.3 is 0 Å². The Bertz CT molecular complexity index is 468. The Balaban J connectivity index is 1.93. The maximum Gasteiger partial charge on any atom is 0.223 e. The Labute approximate surface area is 114 Å². The molecule has 1 aromatic heterocycles. The maximum atomic E-state index is 12.2. The second-order valence-electron chi connectivity index (χ2n) is 5.29. The number of hydrogen-bond acceptors (Lipinski definition) is 3. The number of aryl methyl sites for hydroxylation is 2. The lowest BCUT2D eigenvalue weighted by Crippen LogP contribution is -2.44. The number of amides is 1. The number of rotatable bonds is 3. The van der Waals surface area contributed by atoms with Crippen molar-refractivity contribution >= 4 is 5.91 Å². The Kier molecular flexibility index (Phi) is 4.24. The summed E-state index contributed by atoms with van der Waals surface area (Å²) in [4.78, 5) is 14.1. The molecule has 0 aromatic carbocycles. The van der Waals surface area contributed by atoms with Crippen LogP contribution in [0.4, 0.5) is 0 Å². The number of hydrogen-bond donors (Lipinski definition) is 0. The van der Waals surface area contributed by atoms with Gasteiger partial charge in [-0.3, -0.25) is 9.48 Å². The molecule has 1 amide bonds. The van der Waals surface area contributed by atoms with Crippen LogP contribution in [0.2, 0.25) is 0 Å². The Morgan fingerprint density at radius 3 is 2.79 bits per heavy atom. The number of morpholine rings is 1. The van der Waals surface area contributed by atoms with Crippen LogP contribution in [0.1, 0.15) is 30.3 Å². The van der Waals surface area contributed by atoms with Crippen molar-refractivity contribution in [2.75, 3.05) is 19.7 Å². The van der Waals surface area contributed by atoms with Gasteiger partial charge in [-0.05, 0) is 32.8 Å². The molecule has 19 heavy (non-hydrogen) atoms. The first-order chi connectivity index (χ1) is 8.99. The van der Waals surface area contributed by atoms with E-state index in [4.69, 9.17) is 4.74 Å². The predicted octanol–water partition coefficient (Wildman–Crippen LogP) is 1.22. The lowest BCUT2D eigenvalue weighted by Gasteiger charge is -2.31. The summed E-state index contributed by atoms with van der Waals surface area (Å²) in [5.74, 6) is 0.220. The molecule has 1 saturated heterocycles. The molecular formula is C14H23N3O2. The molecule has 1 aliphatic rings. The van der Waals surface area contributed by atoms with Crippen LogP contribution in [-0.2, 0) is 23.0 Å². The highest BCUT2D eigenvalue weighted by Gasteiger charge is 2.21. The van der Waals surface area contributed by atoms with Crippen LogP contribution >= 0.6 is 0 Å². The molecule has 1 atom stereocenters. The van der Waals surface area contributed by atoms with Gasteiger partial charge in [-0.2, -0.15) is 5.10 Å². The van der Waals surface area contributed by atoms with Crippen LogP contribution in [0.5, 0.6) is 0 Å². The smallest absolute Gasteiger partial charge is 0.223 e. The summed E-state index contributed by atoms with van der Waals surface area (Å²) in [5.41, 5.74) is 3.39. The Morgan fingerprint density at radius 2 is 2.21 bits per heavy atom. The van der Waals surface area contributed by atoms with Gasteiger partial charge in [0.1, 0.15) is 0 Å². The first-order valence-corrected chi connectivity index (χ1v) is 6.87. The highest BCUT2D eigenvalue weighted by atomic mass is 16.5. The van der Waals surface area contributed by atoms with Crippen molar-refractivity contribution in [3.05, 3.63) is 17.0 Å². The summed E-state index contributed by atoms with van der Waals surface area (Å²) >= 11 is 0. The quantitative estimate of drug-likeness (QED) is 0.825. The maximum absolute atomic E-state index is 12.2. The Morgan fingerprint density at radius 1 is 1.47 bits per heavy atom. The van der Waals surface area contributed by atoms with Crippen LogP contribution in [-0.4, -0.2) is 46.4 Å². The van der Waals surface area contributed by atoms with Gasteiger partial charge in [0.2, 0.25) is 5.91 Å². The minimum absolute atomic E-state index is 0.152. The molecule has 0 aliphatic carbocycles. The minimum Gasteiger partial charge on any atom is -0.375 e. The molecule has 5 heteroatoms. The average molecular weight is 265 g/mol. The molecule has 0 N–H and O–H groups in total. The third-order valence-corrected chi connectivity index (χ3v) is 3.84. The molecule has 1 unspecified atom stereocenters. The summed E-state index contributed by atoms with van der Waals surface area (Å²) < 4.78 is 7.34. The van der Waals surface area contributed by atoms with Gasteiger partial charge in [-0.25, -0.2) is 0 Å². The number of carbonyl (C=O) groups excluding carboxylic acids is 1. The standard InChI is InChI=1S/C14H23N3O2/c1-10-9-17(7-8-19-10)14(18)6-5-13-11(2)15-16(4)12(13)3/h10H,5-9H2,1-4H3. The van der Waals surface area contributed by atoms with Crippen molar-refractivity contribution in [1.82, 2.24) is 14.7 Å². The number of ether oxygens (including phenoxy) is 1. The van der Waals surface area contributed by atoms with Crippen molar-refractivity contribution in [3.8, 4) is 0 Å². The van der Waals surface area contributed by atoms with Gasteiger partial charge in [0, 0.05) is 32.3 Å². The van der Waals surface area contributed by atoms with Crippen LogP contribution in [0.25, 0.3) is 0 Å². The summed E-state index contributed by atoms with van der Waals surface area (Å²) in [6.07, 6.45) is 1.48. The van der Waals surface area contributed by atoms with Crippen LogP contribution in [0.3, 0.4) is 0 Å². The van der Waals surface area contributed by atoms with Crippen molar-refractivity contribution in [2.45, 2.75) is 39.7 Å². The average Bonchev–Trinajstić information content (AvgIpc) is 2.61. The highest BCUT2D eigenvalue weighted by molar-refractivity contribution is 5.76. The van der Waals surface area contributed by atoms with Crippen molar-refractivity contribution in [1.29, 1.82) is 0 Å². The Hall–Kier alpha value is -1.36. The first-order valence-electron chi connectivity index (χ1n) is 6.87.